The summed E-state index contributed by atoms with van der Waals surface area (Å²) in [7, 11) is 0. The van der Waals surface area contributed by atoms with Crippen LogP contribution in [0.15, 0.2) is 24.3 Å². The van der Waals surface area contributed by atoms with Crippen LogP contribution in [-0.4, -0.2) is 12.6 Å². The Morgan fingerprint density at radius 1 is 1.50 bits per heavy atom. The van der Waals surface area contributed by atoms with E-state index < -0.39 is 0 Å². The van der Waals surface area contributed by atoms with Gasteiger partial charge in [0.05, 0.1) is 11.6 Å². The molecule has 2 fully saturated rings. The summed E-state index contributed by atoms with van der Waals surface area (Å²) in [5.41, 5.74) is 2.63. The molecule has 3 unspecified atom stereocenters. The molecule has 94 valence electrons. The molecule has 0 aliphatic heterocycles. The summed E-state index contributed by atoms with van der Waals surface area (Å²) in [6.07, 6.45) is 5.19. The highest BCUT2D eigenvalue weighted by atomic mass is 14.9. The molecular weight excluding hydrogens is 220 g/mol. The number of hydrogen-bond donors (Lipinski definition) is 1. The van der Waals surface area contributed by atoms with Crippen LogP contribution in [0.3, 0.4) is 0 Å². The van der Waals surface area contributed by atoms with Crippen LogP contribution in [0.25, 0.3) is 0 Å². The number of rotatable bonds is 3. The molecule has 0 saturated heterocycles. The molecule has 0 bridgehead atoms. The third-order valence-corrected chi connectivity index (χ3v) is 4.80. The molecule has 0 heterocycles. The third kappa shape index (κ3) is 1.83. The molecule has 2 saturated carbocycles. The predicted octanol–water partition coefficient (Wildman–Crippen LogP) is 2.98. The molecule has 18 heavy (non-hydrogen) atoms. The Kier molecular flexibility index (Phi) is 2.87. The standard InChI is InChI=1S/C16H20N2/c1-2-18-15-6-7-16(10-14(16)9-15)13-5-3-4-12(8-13)11-17/h3-5,8,14-15,18H,2,6-7,9-10H2,1H3. The van der Waals surface area contributed by atoms with E-state index in [1.807, 2.05) is 12.1 Å². The van der Waals surface area contributed by atoms with Gasteiger partial charge in [0, 0.05) is 6.04 Å². The lowest BCUT2D eigenvalue weighted by molar-refractivity contribution is 0.338. The number of fused-ring (bicyclic) bond motifs is 1. The molecule has 0 aromatic heterocycles. The van der Waals surface area contributed by atoms with E-state index in [0.29, 0.717) is 5.41 Å². The van der Waals surface area contributed by atoms with Gasteiger partial charge in [-0.15, -0.1) is 0 Å². The van der Waals surface area contributed by atoms with E-state index in [1.165, 1.54) is 31.2 Å². The molecule has 0 amide bonds. The molecule has 0 spiro atoms. The highest BCUT2D eigenvalue weighted by Crippen LogP contribution is 2.62. The van der Waals surface area contributed by atoms with Crippen molar-refractivity contribution in [3.63, 3.8) is 0 Å². The zero-order valence-electron chi connectivity index (χ0n) is 10.9. The van der Waals surface area contributed by atoms with Crippen molar-refractivity contribution in [3.05, 3.63) is 35.4 Å². The van der Waals surface area contributed by atoms with Crippen molar-refractivity contribution in [3.8, 4) is 6.07 Å². The highest BCUT2D eigenvalue weighted by molar-refractivity contribution is 5.41. The second-order valence-corrected chi connectivity index (χ2v) is 5.78. The van der Waals surface area contributed by atoms with Gasteiger partial charge in [-0.2, -0.15) is 5.26 Å². The molecule has 2 aliphatic carbocycles. The van der Waals surface area contributed by atoms with Crippen molar-refractivity contribution >= 4 is 0 Å². The maximum Gasteiger partial charge on any atom is 0.0991 e. The van der Waals surface area contributed by atoms with E-state index in [2.05, 4.69) is 30.4 Å². The Morgan fingerprint density at radius 2 is 2.39 bits per heavy atom. The molecule has 3 atom stereocenters. The highest BCUT2D eigenvalue weighted by Gasteiger charge is 2.57. The van der Waals surface area contributed by atoms with Crippen molar-refractivity contribution in [1.82, 2.24) is 5.32 Å². The average molecular weight is 240 g/mol. The lowest BCUT2D eigenvalue weighted by atomic mass is 9.80. The van der Waals surface area contributed by atoms with Crippen molar-refractivity contribution < 1.29 is 0 Å². The first-order chi connectivity index (χ1) is 8.78. The minimum Gasteiger partial charge on any atom is -0.314 e. The van der Waals surface area contributed by atoms with Crippen LogP contribution < -0.4 is 5.32 Å². The Labute approximate surface area is 109 Å². The van der Waals surface area contributed by atoms with Gasteiger partial charge in [0.25, 0.3) is 0 Å². The van der Waals surface area contributed by atoms with Crippen LogP contribution in [-0.2, 0) is 5.41 Å². The van der Waals surface area contributed by atoms with Gasteiger partial charge in [0.15, 0.2) is 0 Å². The molecule has 2 nitrogen and oxygen atoms in total. The summed E-state index contributed by atoms with van der Waals surface area (Å²) in [5, 5.41) is 12.6. The smallest absolute Gasteiger partial charge is 0.0991 e. The summed E-state index contributed by atoms with van der Waals surface area (Å²) in [6.45, 7) is 3.26. The monoisotopic (exact) mass is 240 g/mol. The SMILES string of the molecule is CCNC1CCC2(c3cccc(C#N)c3)CC2C1. The molecule has 1 aromatic rings. The minimum atomic E-state index is 0.415. The Hall–Kier alpha value is -1.33. The zero-order valence-corrected chi connectivity index (χ0v) is 10.9. The van der Waals surface area contributed by atoms with Gasteiger partial charge in [0.1, 0.15) is 0 Å². The van der Waals surface area contributed by atoms with E-state index in [-0.39, 0.29) is 0 Å². The number of nitriles is 1. The van der Waals surface area contributed by atoms with Crippen molar-refractivity contribution in [2.75, 3.05) is 6.54 Å². The van der Waals surface area contributed by atoms with Gasteiger partial charge >= 0.3 is 0 Å². The summed E-state index contributed by atoms with van der Waals surface area (Å²) >= 11 is 0. The number of hydrogen-bond acceptors (Lipinski definition) is 2. The quantitative estimate of drug-likeness (QED) is 0.881. The fraction of sp³-hybridized carbons (Fsp3) is 0.562. The van der Waals surface area contributed by atoms with Crippen molar-refractivity contribution in [1.29, 1.82) is 5.26 Å². The van der Waals surface area contributed by atoms with Crippen LogP contribution in [0.2, 0.25) is 0 Å². The van der Waals surface area contributed by atoms with Crippen molar-refractivity contribution in [2.24, 2.45) is 5.92 Å². The first kappa shape index (κ1) is 11.7. The second kappa shape index (κ2) is 4.40. The summed E-state index contributed by atoms with van der Waals surface area (Å²) in [6, 6.07) is 11.2. The fourth-order valence-electron chi connectivity index (χ4n) is 3.76. The van der Waals surface area contributed by atoms with Gasteiger partial charge in [0.2, 0.25) is 0 Å². The van der Waals surface area contributed by atoms with E-state index >= 15 is 0 Å². The summed E-state index contributed by atoms with van der Waals surface area (Å²) in [4.78, 5) is 0. The molecule has 3 rings (SSSR count). The van der Waals surface area contributed by atoms with Gasteiger partial charge in [-0.05, 0) is 61.3 Å². The van der Waals surface area contributed by atoms with Gasteiger partial charge in [-0.1, -0.05) is 19.1 Å². The molecule has 0 radical (unpaired) electrons. The molecule has 2 aliphatic rings. The summed E-state index contributed by atoms with van der Waals surface area (Å²) < 4.78 is 0. The Bertz CT molecular complexity index is 488. The average Bonchev–Trinajstić information content (AvgIpc) is 3.14. The number of benzene rings is 1. The van der Waals surface area contributed by atoms with Gasteiger partial charge in [-0.25, -0.2) is 0 Å². The van der Waals surface area contributed by atoms with E-state index in [1.54, 1.807) is 0 Å². The minimum absolute atomic E-state index is 0.415. The van der Waals surface area contributed by atoms with Crippen LogP contribution in [0, 0.1) is 17.2 Å². The van der Waals surface area contributed by atoms with Crippen LogP contribution in [0.1, 0.15) is 43.7 Å². The number of nitrogens with one attached hydrogen (secondary N) is 1. The van der Waals surface area contributed by atoms with Gasteiger partial charge < -0.3 is 5.32 Å². The zero-order chi connectivity index (χ0) is 12.6. The van der Waals surface area contributed by atoms with Crippen LogP contribution >= 0.6 is 0 Å². The maximum atomic E-state index is 9.01. The Balaban J connectivity index is 1.77. The second-order valence-electron chi connectivity index (χ2n) is 5.78. The number of nitrogens with zero attached hydrogens (tertiary/aromatic N) is 1. The topological polar surface area (TPSA) is 35.8 Å². The molecular formula is C16H20N2. The lowest BCUT2D eigenvalue weighted by Gasteiger charge is -2.29. The molecule has 1 N–H and O–H groups in total. The first-order valence-corrected chi connectivity index (χ1v) is 7.02. The van der Waals surface area contributed by atoms with Crippen LogP contribution in [0.4, 0.5) is 0 Å². The molecule has 1 aromatic carbocycles. The summed E-state index contributed by atoms with van der Waals surface area (Å²) in [5.74, 6) is 0.837. The van der Waals surface area contributed by atoms with Crippen molar-refractivity contribution in [2.45, 2.75) is 44.1 Å². The van der Waals surface area contributed by atoms with E-state index in [0.717, 1.165) is 24.1 Å². The lowest BCUT2D eigenvalue weighted by Crippen LogP contribution is -2.34. The largest absolute Gasteiger partial charge is 0.314 e. The van der Waals surface area contributed by atoms with Crippen LogP contribution in [0.5, 0.6) is 0 Å². The third-order valence-electron chi connectivity index (χ3n) is 4.80. The molecule has 2 heteroatoms. The Morgan fingerprint density at radius 3 is 3.11 bits per heavy atom. The maximum absolute atomic E-state index is 9.01. The predicted molar refractivity (Wildman–Crippen MR) is 72.3 cm³/mol. The normalized spacial score (nSPS) is 33.6. The van der Waals surface area contributed by atoms with E-state index in [9.17, 15) is 0 Å². The van der Waals surface area contributed by atoms with E-state index in [4.69, 9.17) is 5.26 Å². The first-order valence-electron chi connectivity index (χ1n) is 7.02. The fourth-order valence-corrected chi connectivity index (χ4v) is 3.76. The van der Waals surface area contributed by atoms with Gasteiger partial charge in [-0.3, -0.25) is 0 Å².